The van der Waals surface area contributed by atoms with Gasteiger partial charge in [-0.25, -0.2) is 9.59 Å². The quantitative estimate of drug-likeness (QED) is 0.567. The summed E-state index contributed by atoms with van der Waals surface area (Å²) in [4.78, 5) is 26.4. The number of urea groups is 1. The molecule has 0 radical (unpaired) electrons. The zero-order valence-corrected chi connectivity index (χ0v) is 10.8. The predicted molar refractivity (Wildman–Crippen MR) is 66.4 cm³/mol. The van der Waals surface area contributed by atoms with Gasteiger partial charge in [0.05, 0.1) is 12.7 Å². The highest BCUT2D eigenvalue weighted by molar-refractivity contribution is 5.72. The lowest BCUT2D eigenvalue weighted by molar-refractivity contribution is -0.0462. The number of amides is 2. The summed E-state index contributed by atoms with van der Waals surface area (Å²) in [5.74, 6) is 0. The van der Waals surface area contributed by atoms with Crippen molar-refractivity contribution in [2.45, 2.75) is 24.9 Å². The molecule has 0 aliphatic carbocycles. The third-order valence-corrected chi connectivity index (χ3v) is 3.15. The molecule has 3 atom stereocenters. The van der Waals surface area contributed by atoms with Crippen LogP contribution in [0.25, 0.3) is 0 Å². The van der Waals surface area contributed by atoms with E-state index in [1.165, 1.54) is 23.9 Å². The molecule has 0 saturated carbocycles. The molecule has 110 valence electrons. The molecule has 9 nitrogen and oxygen atoms in total. The molecule has 0 unspecified atom stereocenters. The number of aromatic nitrogens is 2. The van der Waals surface area contributed by atoms with Crippen LogP contribution < -0.4 is 16.9 Å². The van der Waals surface area contributed by atoms with E-state index in [4.69, 9.17) is 15.6 Å². The zero-order valence-electron chi connectivity index (χ0n) is 10.8. The van der Waals surface area contributed by atoms with Gasteiger partial charge in [-0.3, -0.25) is 9.13 Å². The number of nitrogens with two attached hydrogens (primary N) is 1. The third-order valence-electron chi connectivity index (χ3n) is 3.15. The fourth-order valence-corrected chi connectivity index (χ4v) is 2.09. The highest BCUT2D eigenvalue weighted by atomic mass is 16.5. The molecule has 2 rings (SSSR count). The van der Waals surface area contributed by atoms with Crippen molar-refractivity contribution in [3.05, 3.63) is 28.2 Å². The first-order valence-electron chi connectivity index (χ1n) is 6.00. The fraction of sp³-hybridized carbons (Fsp3) is 0.545. The van der Waals surface area contributed by atoms with E-state index in [0.29, 0.717) is 0 Å². The van der Waals surface area contributed by atoms with Crippen LogP contribution in [0.15, 0.2) is 22.1 Å². The first-order chi connectivity index (χ1) is 9.43. The SMILES string of the molecule is Cn1c(=NC(N)=O)ccn([C@H]2C[C@H](O)[C@@H](CO)O2)c1=O. The first kappa shape index (κ1) is 14.4. The summed E-state index contributed by atoms with van der Waals surface area (Å²) in [5.41, 5.74) is 4.60. The van der Waals surface area contributed by atoms with Gasteiger partial charge in [0.2, 0.25) is 0 Å². The van der Waals surface area contributed by atoms with Gasteiger partial charge in [-0.2, -0.15) is 4.99 Å². The Balaban J connectivity index is 2.39. The van der Waals surface area contributed by atoms with Crippen molar-refractivity contribution in [1.82, 2.24) is 9.13 Å². The molecule has 1 aromatic rings. The Hall–Kier alpha value is -1.97. The average Bonchev–Trinajstić information content (AvgIpc) is 2.76. The molecule has 1 saturated heterocycles. The zero-order chi connectivity index (χ0) is 14.9. The Morgan fingerprint density at radius 3 is 2.90 bits per heavy atom. The van der Waals surface area contributed by atoms with Gasteiger partial charge in [0.15, 0.2) is 0 Å². The van der Waals surface area contributed by atoms with Gasteiger partial charge in [-0.05, 0) is 6.07 Å². The van der Waals surface area contributed by atoms with E-state index in [1.807, 2.05) is 0 Å². The Morgan fingerprint density at radius 2 is 2.35 bits per heavy atom. The number of hydrogen-bond donors (Lipinski definition) is 3. The second kappa shape index (κ2) is 5.57. The normalized spacial score (nSPS) is 26.9. The topological polar surface area (TPSA) is 132 Å². The van der Waals surface area contributed by atoms with Crippen LogP contribution in [-0.2, 0) is 11.8 Å². The van der Waals surface area contributed by atoms with Crippen LogP contribution in [0.2, 0.25) is 0 Å². The molecule has 4 N–H and O–H groups in total. The van der Waals surface area contributed by atoms with Crippen molar-refractivity contribution >= 4 is 6.03 Å². The maximum Gasteiger partial charge on any atom is 0.340 e. The lowest BCUT2D eigenvalue weighted by Crippen LogP contribution is -2.40. The van der Waals surface area contributed by atoms with E-state index in [2.05, 4.69) is 4.99 Å². The molecule has 9 heteroatoms. The van der Waals surface area contributed by atoms with Gasteiger partial charge >= 0.3 is 11.7 Å². The van der Waals surface area contributed by atoms with Crippen LogP contribution in [0, 0.1) is 0 Å². The molecule has 0 bridgehead atoms. The first-order valence-corrected chi connectivity index (χ1v) is 6.00. The second-order valence-corrected chi connectivity index (χ2v) is 4.49. The molecule has 1 fully saturated rings. The van der Waals surface area contributed by atoms with E-state index in [9.17, 15) is 14.7 Å². The van der Waals surface area contributed by atoms with E-state index in [0.717, 1.165) is 4.57 Å². The molecule has 2 heterocycles. The number of hydrogen-bond acceptors (Lipinski definition) is 5. The van der Waals surface area contributed by atoms with Crippen LogP contribution >= 0.6 is 0 Å². The van der Waals surface area contributed by atoms with Crippen molar-refractivity contribution in [2.24, 2.45) is 17.8 Å². The summed E-state index contributed by atoms with van der Waals surface area (Å²) < 4.78 is 7.80. The van der Waals surface area contributed by atoms with Crippen LogP contribution in [0.1, 0.15) is 12.6 Å². The maximum atomic E-state index is 12.1. The van der Waals surface area contributed by atoms with Crippen LogP contribution in [0.3, 0.4) is 0 Å². The molecule has 2 amide bonds. The average molecular weight is 284 g/mol. The summed E-state index contributed by atoms with van der Waals surface area (Å²) in [5, 5.41) is 18.7. The number of ether oxygens (including phenoxy) is 1. The molecule has 0 aromatic carbocycles. The largest absolute Gasteiger partial charge is 0.394 e. The molecule has 1 aliphatic heterocycles. The third kappa shape index (κ3) is 2.64. The second-order valence-electron chi connectivity index (χ2n) is 4.49. The number of aliphatic hydroxyl groups is 2. The van der Waals surface area contributed by atoms with Crippen molar-refractivity contribution < 1.29 is 19.7 Å². The maximum absolute atomic E-state index is 12.1. The lowest BCUT2D eigenvalue weighted by Gasteiger charge is -2.15. The van der Waals surface area contributed by atoms with Gasteiger partial charge in [-0.15, -0.1) is 0 Å². The van der Waals surface area contributed by atoms with Gasteiger partial charge in [0, 0.05) is 19.7 Å². The standard InChI is InChI=1S/C11H16N4O5/c1-14-8(13-10(12)18)2-3-15(11(14)19)9-4-6(17)7(5-16)20-9/h2-3,6-7,9,16-17H,4-5H2,1H3,(H2,12,18)/t6-,7+,9+/m0/s1. The summed E-state index contributed by atoms with van der Waals surface area (Å²) in [7, 11) is 1.44. The summed E-state index contributed by atoms with van der Waals surface area (Å²) in [6.07, 6.45) is -0.633. The van der Waals surface area contributed by atoms with Crippen molar-refractivity contribution in [3.8, 4) is 0 Å². The highest BCUT2D eigenvalue weighted by Crippen LogP contribution is 2.26. The minimum absolute atomic E-state index is 0.121. The smallest absolute Gasteiger partial charge is 0.340 e. The molecule has 0 spiro atoms. The molecule has 1 aliphatic rings. The van der Waals surface area contributed by atoms with Crippen molar-refractivity contribution in [1.29, 1.82) is 0 Å². The van der Waals surface area contributed by atoms with Crippen LogP contribution in [0.4, 0.5) is 4.79 Å². The van der Waals surface area contributed by atoms with E-state index in [1.54, 1.807) is 0 Å². The molecular weight excluding hydrogens is 268 g/mol. The predicted octanol–water partition coefficient (Wildman–Crippen LogP) is -2.19. The minimum Gasteiger partial charge on any atom is -0.394 e. The van der Waals surface area contributed by atoms with Crippen LogP contribution in [-0.4, -0.2) is 44.2 Å². The number of primary amides is 1. The highest BCUT2D eigenvalue weighted by Gasteiger charge is 2.34. The molecule has 1 aromatic heterocycles. The number of aliphatic hydroxyl groups excluding tert-OH is 2. The Kier molecular flexibility index (Phi) is 4.02. The fourth-order valence-electron chi connectivity index (χ4n) is 2.09. The van der Waals surface area contributed by atoms with Gasteiger partial charge < -0.3 is 20.7 Å². The van der Waals surface area contributed by atoms with E-state index in [-0.39, 0.29) is 18.5 Å². The number of carbonyl (C=O) groups excluding carboxylic acids is 1. The van der Waals surface area contributed by atoms with E-state index >= 15 is 0 Å². The van der Waals surface area contributed by atoms with Gasteiger partial charge in [-0.1, -0.05) is 0 Å². The van der Waals surface area contributed by atoms with Crippen LogP contribution in [0.5, 0.6) is 0 Å². The minimum atomic E-state index is -0.898. The Bertz CT molecular complexity index is 634. The summed E-state index contributed by atoms with van der Waals surface area (Å²) in [6, 6.07) is 0.541. The number of rotatable bonds is 2. The van der Waals surface area contributed by atoms with Gasteiger partial charge in [0.1, 0.15) is 17.8 Å². The molecule has 20 heavy (non-hydrogen) atoms. The van der Waals surface area contributed by atoms with Crippen molar-refractivity contribution in [3.63, 3.8) is 0 Å². The lowest BCUT2D eigenvalue weighted by atomic mass is 10.2. The summed E-state index contributed by atoms with van der Waals surface area (Å²) >= 11 is 0. The monoisotopic (exact) mass is 284 g/mol. The van der Waals surface area contributed by atoms with Crippen molar-refractivity contribution in [2.75, 3.05) is 6.61 Å². The van der Waals surface area contributed by atoms with Gasteiger partial charge in [0.25, 0.3) is 0 Å². The summed E-state index contributed by atoms with van der Waals surface area (Å²) in [6.45, 7) is -0.326. The number of carbonyl (C=O) groups is 1. The Labute approximate surface area is 113 Å². The molecular formula is C11H16N4O5. The number of nitrogens with zero attached hydrogens (tertiary/aromatic N) is 3. The van der Waals surface area contributed by atoms with E-state index < -0.39 is 30.2 Å². The Morgan fingerprint density at radius 1 is 1.65 bits per heavy atom.